The molecule has 2 rings (SSSR count). The van der Waals surface area contributed by atoms with Crippen LogP contribution in [0, 0.1) is 0 Å². The maximum absolute atomic E-state index is 12.6. The van der Waals surface area contributed by atoms with E-state index in [9.17, 15) is 24.0 Å². The van der Waals surface area contributed by atoms with E-state index in [0.29, 0.717) is 11.9 Å². The molecule has 2 aliphatic rings. The van der Waals surface area contributed by atoms with Gasteiger partial charge in [0, 0.05) is 19.4 Å². The van der Waals surface area contributed by atoms with Crippen molar-refractivity contribution in [2.24, 2.45) is 0 Å². The molecule has 1 fully saturated rings. The van der Waals surface area contributed by atoms with Crippen LogP contribution < -0.4 is 0 Å². The lowest BCUT2D eigenvalue weighted by Gasteiger charge is -2.23. The van der Waals surface area contributed by atoms with Crippen LogP contribution >= 0.6 is 0 Å². The Morgan fingerprint density at radius 1 is 1.27 bits per heavy atom. The number of ketones is 2. The first kappa shape index (κ1) is 19.5. The molecule has 0 spiro atoms. The van der Waals surface area contributed by atoms with Gasteiger partial charge in [0.1, 0.15) is 12.9 Å². The molecule has 1 aliphatic carbocycles. The molecular weight excluding hydrogens is 344 g/mol. The Balaban J connectivity index is 2.32. The zero-order valence-electron chi connectivity index (χ0n) is 14.5. The number of aldehydes is 1. The molecule has 0 aromatic carbocycles. The summed E-state index contributed by atoms with van der Waals surface area (Å²) >= 11 is 0. The van der Waals surface area contributed by atoms with Gasteiger partial charge in [-0.25, -0.2) is 0 Å². The number of carbonyl (C=O) groups is 5. The Kier molecular flexibility index (Phi) is 5.66. The average molecular weight is 362 g/mol. The maximum Gasteiger partial charge on any atom is 0.303 e. The summed E-state index contributed by atoms with van der Waals surface area (Å²) in [7, 11) is 0. The molecule has 8 heteroatoms. The number of hydrogen-bond donors (Lipinski definition) is 0. The minimum absolute atomic E-state index is 0.0199. The molecule has 0 bridgehead atoms. The van der Waals surface area contributed by atoms with Crippen LogP contribution in [0.4, 0.5) is 0 Å². The van der Waals surface area contributed by atoms with Gasteiger partial charge in [0.15, 0.2) is 23.8 Å². The third kappa shape index (κ3) is 3.85. The van der Waals surface area contributed by atoms with Gasteiger partial charge in [0.05, 0.1) is 0 Å². The Morgan fingerprint density at radius 2 is 1.96 bits per heavy atom. The zero-order valence-corrected chi connectivity index (χ0v) is 14.5. The second-order valence-electron chi connectivity index (χ2n) is 5.91. The van der Waals surface area contributed by atoms with Crippen LogP contribution in [0.1, 0.15) is 20.8 Å². The minimum Gasteiger partial charge on any atom is -0.461 e. The number of Topliss-reactive ketones (excluding diaryl/α,β-unsaturated/α-hetero) is 1. The van der Waals surface area contributed by atoms with E-state index in [1.54, 1.807) is 6.92 Å². The van der Waals surface area contributed by atoms with Gasteiger partial charge >= 0.3 is 11.9 Å². The van der Waals surface area contributed by atoms with Gasteiger partial charge in [-0.2, -0.15) is 0 Å². The fourth-order valence-electron chi connectivity index (χ4n) is 2.67. The number of carbonyl (C=O) groups excluding carboxylic acids is 5. The number of allylic oxidation sites excluding steroid dienone is 3. The van der Waals surface area contributed by atoms with Crippen molar-refractivity contribution in [3.63, 3.8) is 0 Å². The average Bonchev–Trinajstić information content (AvgIpc) is 3.31. The fraction of sp³-hybridized carbons (Fsp3) is 0.389. The molecular formula is C18H18O8. The second kappa shape index (κ2) is 7.57. The lowest BCUT2D eigenvalue weighted by Crippen LogP contribution is -2.46. The van der Waals surface area contributed by atoms with Gasteiger partial charge in [0.25, 0.3) is 0 Å². The summed E-state index contributed by atoms with van der Waals surface area (Å²) in [5, 5.41) is 0. The predicted octanol–water partition coefficient (Wildman–Crippen LogP) is 0.398. The fourth-order valence-corrected chi connectivity index (χ4v) is 2.67. The van der Waals surface area contributed by atoms with Gasteiger partial charge in [-0.1, -0.05) is 11.6 Å². The maximum atomic E-state index is 12.6. The largest absolute Gasteiger partial charge is 0.461 e. The molecule has 0 aromatic rings. The van der Waals surface area contributed by atoms with Crippen LogP contribution in [0.2, 0.25) is 0 Å². The van der Waals surface area contributed by atoms with Crippen molar-refractivity contribution in [1.82, 2.24) is 0 Å². The summed E-state index contributed by atoms with van der Waals surface area (Å²) in [4.78, 5) is 57.8. The molecule has 0 aromatic heterocycles. The van der Waals surface area contributed by atoms with Gasteiger partial charge < -0.3 is 14.2 Å². The monoisotopic (exact) mass is 362 g/mol. The summed E-state index contributed by atoms with van der Waals surface area (Å²) in [5.74, 6) is -2.30. The lowest BCUT2D eigenvalue weighted by molar-refractivity contribution is -0.149. The summed E-state index contributed by atoms with van der Waals surface area (Å²) < 4.78 is 15.3. The van der Waals surface area contributed by atoms with Crippen LogP contribution in [0.15, 0.2) is 35.5 Å². The van der Waals surface area contributed by atoms with E-state index in [4.69, 9.17) is 14.2 Å². The molecule has 8 nitrogen and oxygen atoms in total. The lowest BCUT2D eigenvalue weighted by atomic mass is 9.83. The van der Waals surface area contributed by atoms with E-state index in [1.807, 2.05) is 0 Å². The van der Waals surface area contributed by atoms with Crippen LogP contribution in [0.3, 0.4) is 0 Å². The molecule has 138 valence electrons. The summed E-state index contributed by atoms with van der Waals surface area (Å²) in [5.41, 5.74) is -1.06. The standard InChI is InChI=1S/C18H18O8/c1-10(5-4-6-19)7-15(25-12(3)21)18-14(22)8-13(9-24-11(2)20)16(23)17(18)26-18/h4-8,15,17H,9H2,1-3H3/b5-4+,10-7+/t15-,17+,18+/m0/s1. The third-order valence-corrected chi connectivity index (χ3v) is 3.89. The molecule has 0 radical (unpaired) electrons. The Hall–Kier alpha value is -2.87. The molecule has 0 unspecified atom stereocenters. The second-order valence-corrected chi connectivity index (χ2v) is 5.91. The topological polar surface area (TPSA) is 116 Å². The third-order valence-electron chi connectivity index (χ3n) is 3.89. The first-order valence-electron chi connectivity index (χ1n) is 7.80. The van der Waals surface area contributed by atoms with E-state index in [-0.39, 0.29) is 12.2 Å². The molecule has 0 amide bonds. The van der Waals surface area contributed by atoms with Crippen molar-refractivity contribution >= 4 is 29.8 Å². The van der Waals surface area contributed by atoms with E-state index in [0.717, 1.165) is 6.08 Å². The molecule has 26 heavy (non-hydrogen) atoms. The summed E-state index contributed by atoms with van der Waals surface area (Å²) in [6.45, 7) is 3.67. The Bertz CT molecular complexity index is 757. The Labute approximate surface area is 149 Å². The van der Waals surface area contributed by atoms with Gasteiger partial charge in [-0.3, -0.25) is 24.0 Å². The number of epoxide rings is 1. The van der Waals surface area contributed by atoms with E-state index in [1.165, 1.54) is 32.1 Å². The smallest absolute Gasteiger partial charge is 0.303 e. The van der Waals surface area contributed by atoms with Crippen molar-refractivity contribution in [3.05, 3.63) is 35.5 Å². The number of hydrogen-bond acceptors (Lipinski definition) is 8. The molecule has 3 atom stereocenters. The number of esters is 2. The zero-order chi connectivity index (χ0) is 19.5. The van der Waals surface area contributed by atoms with Crippen molar-refractivity contribution in [2.75, 3.05) is 6.61 Å². The molecule has 1 heterocycles. The van der Waals surface area contributed by atoms with Crippen LogP contribution in [0.25, 0.3) is 0 Å². The quantitative estimate of drug-likeness (QED) is 0.210. The van der Waals surface area contributed by atoms with Crippen LogP contribution in [0.5, 0.6) is 0 Å². The highest BCUT2D eigenvalue weighted by Gasteiger charge is 2.72. The van der Waals surface area contributed by atoms with Gasteiger partial charge in [-0.15, -0.1) is 0 Å². The molecule has 0 saturated carbocycles. The van der Waals surface area contributed by atoms with Crippen molar-refractivity contribution < 1.29 is 38.2 Å². The van der Waals surface area contributed by atoms with E-state index < -0.39 is 41.3 Å². The molecule has 1 aliphatic heterocycles. The highest BCUT2D eigenvalue weighted by Crippen LogP contribution is 2.47. The van der Waals surface area contributed by atoms with Gasteiger partial charge in [-0.05, 0) is 25.2 Å². The minimum atomic E-state index is -1.63. The number of rotatable bonds is 7. The van der Waals surface area contributed by atoms with Crippen molar-refractivity contribution in [3.8, 4) is 0 Å². The SMILES string of the molecule is CC(=O)OCC1=CC(=O)[C@]2([C@H](/C=C(C)/C=C/C=O)OC(C)=O)O[C@@H]2C1=O. The number of ether oxygens (including phenoxy) is 3. The summed E-state index contributed by atoms with van der Waals surface area (Å²) in [6.07, 6.45) is 3.52. The normalized spacial score (nSPS) is 26.0. The predicted molar refractivity (Wildman–Crippen MR) is 86.8 cm³/mol. The van der Waals surface area contributed by atoms with Crippen molar-refractivity contribution in [2.45, 2.75) is 38.6 Å². The van der Waals surface area contributed by atoms with Crippen molar-refractivity contribution in [1.29, 1.82) is 0 Å². The van der Waals surface area contributed by atoms with E-state index in [2.05, 4.69) is 0 Å². The highest BCUT2D eigenvalue weighted by molar-refractivity contribution is 6.19. The van der Waals surface area contributed by atoms with Crippen LogP contribution in [-0.2, 0) is 38.2 Å². The first-order chi connectivity index (χ1) is 12.2. The molecule has 0 N–H and O–H groups in total. The highest BCUT2D eigenvalue weighted by atomic mass is 16.7. The van der Waals surface area contributed by atoms with Crippen LogP contribution in [-0.4, -0.2) is 54.2 Å². The number of fused-ring (bicyclic) bond motifs is 1. The van der Waals surface area contributed by atoms with E-state index >= 15 is 0 Å². The first-order valence-corrected chi connectivity index (χ1v) is 7.80. The Morgan fingerprint density at radius 3 is 2.54 bits per heavy atom. The molecule has 1 saturated heterocycles. The summed E-state index contributed by atoms with van der Waals surface area (Å²) in [6, 6.07) is 0. The van der Waals surface area contributed by atoms with Gasteiger partial charge in [0.2, 0.25) is 5.60 Å².